The van der Waals surface area contributed by atoms with Crippen molar-refractivity contribution < 1.29 is 13.2 Å². The first kappa shape index (κ1) is 18.0. The maximum atomic E-state index is 12.3. The van der Waals surface area contributed by atoms with Crippen LogP contribution in [0.5, 0.6) is 0 Å². The zero-order chi connectivity index (χ0) is 17.6. The van der Waals surface area contributed by atoms with Gasteiger partial charge in [0.15, 0.2) is 5.17 Å². The molecular weight excluding hydrogens is 346 g/mol. The third kappa shape index (κ3) is 4.59. The average molecular weight is 363 g/mol. The van der Waals surface area contributed by atoms with Crippen LogP contribution in [-0.4, -0.2) is 32.8 Å². The Bertz CT molecular complexity index is 833. The minimum atomic E-state index is -3.78. The van der Waals surface area contributed by atoms with Crippen LogP contribution in [0.15, 0.2) is 63.9 Å². The summed E-state index contributed by atoms with van der Waals surface area (Å²) in [4.78, 5) is 11.6. The Balaban J connectivity index is 2.21. The topological polar surface area (TPSA) is 87.6 Å². The molecule has 0 fully saturated rings. The number of benzene rings is 2. The standard InChI is InChI=1S/C16H17N3O3S2/c1-17-15(20)12-8-10-13(11-9-12)18-16(23-2)19-24(21,22)14-6-4-3-5-7-14/h3-11H,1-2H3,(H,17,20)(H,18,19). The molecule has 6 nitrogen and oxygen atoms in total. The quantitative estimate of drug-likeness (QED) is 0.644. The van der Waals surface area contributed by atoms with Gasteiger partial charge in [-0.05, 0) is 42.7 Å². The summed E-state index contributed by atoms with van der Waals surface area (Å²) >= 11 is 1.18. The minimum Gasteiger partial charge on any atom is -0.355 e. The first-order valence-corrected chi connectivity index (χ1v) is 9.66. The van der Waals surface area contributed by atoms with Gasteiger partial charge in [-0.25, -0.2) is 0 Å². The molecule has 0 radical (unpaired) electrons. The van der Waals surface area contributed by atoms with Crippen molar-refractivity contribution in [1.82, 2.24) is 5.32 Å². The molecule has 0 saturated carbocycles. The van der Waals surface area contributed by atoms with Crippen LogP contribution < -0.4 is 10.6 Å². The maximum Gasteiger partial charge on any atom is 0.284 e. The summed E-state index contributed by atoms with van der Waals surface area (Å²) in [6.45, 7) is 0. The first-order valence-electron chi connectivity index (χ1n) is 6.99. The van der Waals surface area contributed by atoms with Crippen molar-refractivity contribution in [3.63, 3.8) is 0 Å². The lowest BCUT2D eigenvalue weighted by molar-refractivity contribution is 0.0963. The molecule has 0 unspecified atom stereocenters. The lowest BCUT2D eigenvalue weighted by atomic mass is 10.2. The van der Waals surface area contributed by atoms with E-state index in [1.807, 2.05) is 0 Å². The van der Waals surface area contributed by atoms with Gasteiger partial charge in [0.25, 0.3) is 15.9 Å². The van der Waals surface area contributed by atoms with Gasteiger partial charge in [0.1, 0.15) is 0 Å². The number of carbonyl (C=O) groups excluding carboxylic acids is 1. The van der Waals surface area contributed by atoms with Crippen LogP contribution in [0, 0.1) is 0 Å². The van der Waals surface area contributed by atoms with E-state index in [1.165, 1.54) is 23.9 Å². The van der Waals surface area contributed by atoms with Crippen LogP contribution in [0.2, 0.25) is 0 Å². The molecule has 0 heterocycles. The molecule has 0 aromatic heterocycles. The second-order valence-corrected chi connectivity index (χ2v) is 7.07. The van der Waals surface area contributed by atoms with Gasteiger partial charge in [-0.3, -0.25) is 4.79 Å². The van der Waals surface area contributed by atoms with E-state index in [1.54, 1.807) is 55.8 Å². The van der Waals surface area contributed by atoms with Crippen molar-refractivity contribution in [2.75, 3.05) is 18.6 Å². The number of nitrogens with zero attached hydrogens (tertiary/aromatic N) is 1. The summed E-state index contributed by atoms with van der Waals surface area (Å²) in [7, 11) is -2.22. The average Bonchev–Trinajstić information content (AvgIpc) is 2.61. The van der Waals surface area contributed by atoms with Gasteiger partial charge in [0.2, 0.25) is 0 Å². The molecule has 0 spiro atoms. The van der Waals surface area contributed by atoms with Crippen LogP contribution in [-0.2, 0) is 10.0 Å². The van der Waals surface area contributed by atoms with Crippen LogP contribution in [0.4, 0.5) is 5.69 Å². The molecule has 126 valence electrons. The molecule has 0 atom stereocenters. The fraction of sp³-hybridized carbons (Fsp3) is 0.125. The summed E-state index contributed by atoms with van der Waals surface area (Å²) in [6, 6.07) is 14.7. The van der Waals surface area contributed by atoms with E-state index in [2.05, 4.69) is 15.0 Å². The molecule has 2 aromatic rings. The third-order valence-corrected chi connectivity index (χ3v) is 5.05. The van der Waals surface area contributed by atoms with Crippen LogP contribution in [0.1, 0.15) is 10.4 Å². The van der Waals surface area contributed by atoms with Crippen molar-refractivity contribution in [3.8, 4) is 0 Å². The Morgan fingerprint density at radius 2 is 1.67 bits per heavy atom. The lowest BCUT2D eigenvalue weighted by Crippen LogP contribution is -2.17. The van der Waals surface area contributed by atoms with Crippen molar-refractivity contribution in [2.45, 2.75) is 4.90 Å². The zero-order valence-electron chi connectivity index (χ0n) is 13.2. The lowest BCUT2D eigenvalue weighted by Gasteiger charge is -2.08. The van der Waals surface area contributed by atoms with E-state index in [0.717, 1.165) is 0 Å². The molecule has 0 aliphatic rings. The predicted octanol–water partition coefficient (Wildman–Crippen LogP) is 2.57. The highest BCUT2D eigenvalue weighted by atomic mass is 32.2. The smallest absolute Gasteiger partial charge is 0.284 e. The molecule has 2 rings (SSSR count). The fourth-order valence-electron chi connectivity index (χ4n) is 1.84. The number of sulfonamides is 1. The number of amidine groups is 1. The van der Waals surface area contributed by atoms with Crippen molar-refractivity contribution in [3.05, 3.63) is 60.2 Å². The molecule has 1 amide bonds. The van der Waals surface area contributed by atoms with E-state index in [4.69, 9.17) is 0 Å². The molecular formula is C16H17N3O3S2. The van der Waals surface area contributed by atoms with E-state index in [0.29, 0.717) is 11.3 Å². The molecule has 8 heteroatoms. The zero-order valence-corrected chi connectivity index (χ0v) is 14.8. The summed E-state index contributed by atoms with van der Waals surface area (Å²) < 4.78 is 28.4. The van der Waals surface area contributed by atoms with Gasteiger partial charge in [-0.2, -0.15) is 8.42 Å². The Hall–Kier alpha value is -2.32. The number of hydrogen-bond acceptors (Lipinski definition) is 4. The van der Waals surface area contributed by atoms with E-state index >= 15 is 0 Å². The number of amides is 1. The number of anilines is 1. The van der Waals surface area contributed by atoms with Gasteiger partial charge in [-0.15, -0.1) is 4.40 Å². The molecule has 24 heavy (non-hydrogen) atoms. The summed E-state index contributed by atoms with van der Waals surface area (Å²) in [6.07, 6.45) is 1.73. The van der Waals surface area contributed by atoms with Crippen molar-refractivity contribution in [1.29, 1.82) is 0 Å². The predicted molar refractivity (Wildman–Crippen MR) is 98.0 cm³/mol. The van der Waals surface area contributed by atoms with Crippen molar-refractivity contribution >= 4 is 38.5 Å². The van der Waals surface area contributed by atoms with E-state index in [9.17, 15) is 13.2 Å². The normalized spacial score (nSPS) is 11.8. The number of thioether (sulfide) groups is 1. The maximum absolute atomic E-state index is 12.3. The monoisotopic (exact) mass is 363 g/mol. The SMILES string of the molecule is CNC(=O)c1ccc(N/C(=N/S(=O)(=O)c2ccccc2)SC)cc1. The molecule has 0 aliphatic carbocycles. The fourth-order valence-corrected chi connectivity index (χ4v) is 3.52. The highest BCUT2D eigenvalue weighted by molar-refractivity contribution is 8.14. The molecule has 2 aromatic carbocycles. The number of rotatable bonds is 4. The van der Waals surface area contributed by atoms with Gasteiger partial charge < -0.3 is 10.6 Å². The highest BCUT2D eigenvalue weighted by Gasteiger charge is 2.14. The summed E-state index contributed by atoms with van der Waals surface area (Å²) in [5.74, 6) is -0.188. The Morgan fingerprint density at radius 1 is 1.04 bits per heavy atom. The Morgan fingerprint density at radius 3 is 2.21 bits per heavy atom. The molecule has 0 bridgehead atoms. The first-order chi connectivity index (χ1) is 11.5. The molecule has 2 N–H and O–H groups in total. The Labute approximate surface area is 145 Å². The molecule has 0 aliphatic heterocycles. The third-order valence-electron chi connectivity index (χ3n) is 3.06. The van der Waals surface area contributed by atoms with Crippen LogP contribution in [0.25, 0.3) is 0 Å². The number of carbonyl (C=O) groups is 1. The van der Waals surface area contributed by atoms with Crippen LogP contribution >= 0.6 is 11.8 Å². The summed E-state index contributed by atoms with van der Waals surface area (Å²) in [5, 5.41) is 5.72. The molecule has 0 saturated heterocycles. The van der Waals surface area contributed by atoms with E-state index in [-0.39, 0.29) is 16.0 Å². The largest absolute Gasteiger partial charge is 0.355 e. The minimum absolute atomic E-state index is 0.133. The Kier molecular flexibility index (Phi) is 5.99. The number of hydrogen-bond donors (Lipinski definition) is 2. The van der Waals surface area contributed by atoms with Gasteiger partial charge in [0.05, 0.1) is 4.90 Å². The number of nitrogens with one attached hydrogen (secondary N) is 2. The summed E-state index contributed by atoms with van der Waals surface area (Å²) in [5.41, 5.74) is 1.15. The second kappa shape index (κ2) is 7.98. The van der Waals surface area contributed by atoms with Crippen LogP contribution in [0.3, 0.4) is 0 Å². The van der Waals surface area contributed by atoms with E-state index < -0.39 is 10.0 Å². The van der Waals surface area contributed by atoms with Gasteiger partial charge >= 0.3 is 0 Å². The van der Waals surface area contributed by atoms with Gasteiger partial charge in [-0.1, -0.05) is 30.0 Å². The van der Waals surface area contributed by atoms with Crippen molar-refractivity contribution in [2.24, 2.45) is 4.40 Å². The highest BCUT2D eigenvalue weighted by Crippen LogP contribution is 2.16. The van der Waals surface area contributed by atoms with Gasteiger partial charge in [0, 0.05) is 18.3 Å². The second-order valence-electron chi connectivity index (χ2n) is 4.67.